The lowest BCUT2D eigenvalue weighted by molar-refractivity contribution is -0.134. The first-order valence-corrected chi connectivity index (χ1v) is 6.85. The van der Waals surface area contributed by atoms with E-state index in [0.717, 1.165) is 18.4 Å². The van der Waals surface area contributed by atoms with Gasteiger partial charge in [-0.3, -0.25) is 4.79 Å². The summed E-state index contributed by atoms with van der Waals surface area (Å²) < 4.78 is 5.24. The van der Waals surface area contributed by atoms with Crippen LogP contribution in [0.4, 0.5) is 0 Å². The molecule has 0 unspecified atom stereocenters. The highest BCUT2D eigenvalue weighted by atomic mass is 16.5. The topological polar surface area (TPSA) is 26.3 Å². The zero-order valence-electron chi connectivity index (χ0n) is 11.3. The first-order chi connectivity index (χ1) is 8.72. The van der Waals surface area contributed by atoms with Gasteiger partial charge in [-0.1, -0.05) is 51.2 Å². The summed E-state index contributed by atoms with van der Waals surface area (Å²) in [6.07, 6.45) is 7.58. The number of carbonyl (C=O) groups excluding carboxylic acids is 1. The normalized spacial score (nSPS) is 10.3. The van der Waals surface area contributed by atoms with Gasteiger partial charge < -0.3 is 4.74 Å². The molecule has 99 valence electrons. The fourth-order valence-corrected chi connectivity index (χ4v) is 1.84. The highest BCUT2D eigenvalue weighted by molar-refractivity contribution is 5.72. The second-order valence-electron chi connectivity index (χ2n) is 4.64. The van der Waals surface area contributed by atoms with Crippen molar-refractivity contribution in [3.8, 4) is 5.75 Å². The van der Waals surface area contributed by atoms with Crippen LogP contribution in [0.5, 0.6) is 5.75 Å². The van der Waals surface area contributed by atoms with Crippen LogP contribution in [0.15, 0.2) is 24.3 Å². The second-order valence-corrected chi connectivity index (χ2v) is 4.64. The van der Waals surface area contributed by atoms with Gasteiger partial charge in [0.2, 0.25) is 0 Å². The van der Waals surface area contributed by atoms with Crippen molar-refractivity contribution in [3.05, 3.63) is 36.8 Å². The lowest BCUT2D eigenvalue weighted by atomic mass is 10.1. The van der Waals surface area contributed by atoms with Crippen molar-refractivity contribution >= 4 is 5.97 Å². The number of hydrogen-bond acceptors (Lipinski definition) is 2. The van der Waals surface area contributed by atoms with Crippen molar-refractivity contribution in [2.24, 2.45) is 0 Å². The smallest absolute Gasteiger partial charge is 0.311 e. The van der Waals surface area contributed by atoms with Crippen LogP contribution in [0.2, 0.25) is 0 Å². The first kappa shape index (κ1) is 14.7. The Labute approximate surface area is 110 Å². The third kappa shape index (κ3) is 6.43. The Morgan fingerprint density at radius 2 is 1.89 bits per heavy atom. The lowest BCUT2D eigenvalue weighted by Crippen LogP contribution is -2.07. The summed E-state index contributed by atoms with van der Waals surface area (Å²) in [7, 11) is 0. The molecule has 1 aromatic rings. The van der Waals surface area contributed by atoms with E-state index in [1.165, 1.54) is 25.7 Å². The maximum Gasteiger partial charge on any atom is 0.311 e. The van der Waals surface area contributed by atoms with E-state index in [2.05, 4.69) is 13.8 Å². The van der Waals surface area contributed by atoms with E-state index in [9.17, 15) is 4.79 Å². The van der Waals surface area contributed by atoms with E-state index in [4.69, 9.17) is 4.74 Å². The Morgan fingerprint density at radius 1 is 1.17 bits per heavy atom. The van der Waals surface area contributed by atoms with E-state index in [1.807, 2.05) is 12.1 Å². The maximum absolute atomic E-state index is 11.6. The van der Waals surface area contributed by atoms with Gasteiger partial charge in [-0.2, -0.15) is 0 Å². The highest BCUT2D eigenvalue weighted by Gasteiger charge is 2.04. The minimum Gasteiger partial charge on any atom is -0.427 e. The second kappa shape index (κ2) is 8.73. The standard InChI is InChI=1S/C16H23O2/c1-3-4-5-6-7-8-12-16(17)18-15-11-9-10-14(2)13-15/h9-11,13H,2-8,12H2,1H3. The highest BCUT2D eigenvalue weighted by Crippen LogP contribution is 2.14. The number of carbonyl (C=O) groups is 1. The van der Waals surface area contributed by atoms with Crippen LogP contribution in [-0.4, -0.2) is 5.97 Å². The van der Waals surface area contributed by atoms with Gasteiger partial charge in [-0.15, -0.1) is 0 Å². The molecule has 1 aromatic carbocycles. The molecule has 1 rings (SSSR count). The van der Waals surface area contributed by atoms with E-state index in [-0.39, 0.29) is 5.97 Å². The zero-order chi connectivity index (χ0) is 13.2. The van der Waals surface area contributed by atoms with E-state index >= 15 is 0 Å². The number of esters is 1. The minimum absolute atomic E-state index is 0.143. The molecule has 0 aliphatic rings. The monoisotopic (exact) mass is 247 g/mol. The molecular weight excluding hydrogens is 224 g/mol. The van der Waals surface area contributed by atoms with Gasteiger partial charge in [0, 0.05) is 6.42 Å². The number of rotatable bonds is 8. The van der Waals surface area contributed by atoms with Gasteiger partial charge in [-0.25, -0.2) is 0 Å². The average Bonchev–Trinajstić information content (AvgIpc) is 2.33. The number of ether oxygens (including phenoxy) is 1. The Bertz CT molecular complexity index is 358. The van der Waals surface area contributed by atoms with Crippen LogP contribution in [0, 0.1) is 6.92 Å². The van der Waals surface area contributed by atoms with Crippen molar-refractivity contribution in [1.29, 1.82) is 0 Å². The van der Waals surface area contributed by atoms with Crippen molar-refractivity contribution in [1.82, 2.24) is 0 Å². The van der Waals surface area contributed by atoms with Gasteiger partial charge in [0.1, 0.15) is 5.75 Å². The quantitative estimate of drug-likeness (QED) is 0.383. The molecule has 2 heteroatoms. The molecule has 18 heavy (non-hydrogen) atoms. The molecule has 0 heterocycles. The first-order valence-electron chi connectivity index (χ1n) is 6.85. The third-order valence-electron chi connectivity index (χ3n) is 2.86. The molecule has 0 aromatic heterocycles. The molecule has 1 radical (unpaired) electrons. The fraction of sp³-hybridized carbons (Fsp3) is 0.500. The largest absolute Gasteiger partial charge is 0.427 e. The molecule has 0 saturated heterocycles. The van der Waals surface area contributed by atoms with Gasteiger partial charge >= 0.3 is 5.97 Å². The lowest BCUT2D eigenvalue weighted by Gasteiger charge is -2.05. The summed E-state index contributed by atoms with van der Waals surface area (Å²) in [6, 6.07) is 7.29. The summed E-state index contributed by atoms with van der Waals surface area (Å²) in [6.45, 7) is 6.00. The summed E-state index contributed by atoms with van der Waals surface area (Å²) in [5.41, 5.74) is 0.861. The van der Waals surface area contributed by atoms with Crippen molar-refractivity contribution in [3.63, 3.8) is 0 Å². The molecular formula is C16H23O2. The van der Waals surface area contributed by atoms with E-state index < -0.39 is 0 Å². The average molecular weight is 247 g/mol. The molecule has 0 saturated carbocycles. The fourth-order valence-electron chi connectivity index (χ4n) is 1.84. The Morgan fingerprint density at radius 3 is 2.61 bits per heavy atom. The summed E-state index contributed by atoms with van der Waals surface area (Å²) >= 11 is 0. The molecule has 0 aliphatic heterocycles. The van der Waals surface area contributed by atoms with Crippen LogP contribution >= 0.6 is 0 Å². The molecule has 2 nitrogen and oxygen atoms in total. The molecule has 0 amide bonds. The van der Waals surface area contributed by atoms with Crippen LogP contribution in [-0.2, 0) is 4.79 Å². The summed E-state index contributed by atoms with van der Waals surface area (Å²) in [5.74, 6) is 0.453. The molecule has 0 atom stereocenters. The Hall–Kier alpha value is -1.31. The van der Waals surface area contributed by atoms with Crippen molar-refractivity contribution < 1.29 is 9.53 Å². The molecule has 0 aliphatic carbocycles. The molecule has 0 spiro atoms. The Balaban J connectivity index is 2.14. The van der Waals surface area contributed by atoms with Crippen LogP contribution in [0.3, 0.4) is 0 Å². The van der Waals surface area contributed by atoms with E-state index in [0.29, 0.717) is 12.2 Å². The van der Waals surface area contributed by atoms with Gasteiger partial charge in [0.05, 0.1) is 0 Å². The SMILES string of the molecule is [CH2]c1cccc(OC(=O)CCCCCCCC)c1. The molecule has 0 fully saturated rings. The van der Waals surface area contributed by atoms with Crippen molar-refractivity contribution in [2.45, 2.75) is 51.9 Å². The zero-order valence-corrected chi connectivity index (χ0v) is 11.3. The van der Waals surface area contributed by atoms with Crippen molar-refractivity contribution in [2.75, 3.05) is 0 Å². The minimum atomic E-state index is -0.143. The Kier molecular flexibility index (Phi) is 7.16. The predicted molar refractivity (Wildman–Crippen MR) is 74.5 cm³/mol. The van der Waals surface area contributed by atoms with Gasteiger partial charge in [-0.05, 0) is 31.0 Å². The maximum atomic E-state index is 11.6. The summed E-state index contributed by atoms with van der Waals surface area (Å²) in [5, 5.41) is 0. The van der Waals surface area contributed by atoms with Crippen LogP contribution in [0.25, 0.3) is 0 Å². The van der Waals surface area contributed by atoms with Gasteiger partial charge in [0.25, 0.3) is 0 Å². The van der Waals surface area contributed by atoms with Crippen LogP contribution in [0.1, 0.15) is 57.4 Å². The summed E-state index contributed by atoms with van der Waals surface area (Å²) in [4.78, 5) is 11.6. The third-order valence-corrected chi connectivity index (χ3v) is 2.86. The number of hydrogen-bond donors (Lipinski definition) is 0. The van der Waals surface area contributed by atoms with Crippen LogP contribution < -0.4 is 4.74 Å². The van der Waals surface area contributed by atoms with Gasteiger partial charge in [0.15, 0.2) is 0 Å². The number of unbranched alkanes of at least 4 members (excludes halogenated alkanes) is 5. The molecule has 0 N–H and O–H groups in total. The molecule has 0 bridgehead atoms. The predicted octanol–water partition coefficient (Wildman–Crippen LogP) is 4.52. The van der Waals surface area contributed by atoms with E-state index in [1.54, 1.807) is 12.1 Å². The number of benzene rings is 1.